The first-order valence-electron chi connectivity index (χ1n) is 2.84. The molecule has 0 heterocycles. The fourth-order valence-electron chi connectivity index (χ4n) is 0.419. The molecule has 0 bridgehead atoms. The molecule has 4 N–H and O–H groups in total. The summed E-state index contributed by atoms with van der Waals surface area (Å²) in [6, 6.07) is 0. The van der Waals surface area contributed by atoms with Gasteiger partial charge in [-0.25, -0.2) is 0 Å². The van der Waals surface area contributed by atoms with Crippen molar-refractivity contribution in [3.63, 3.8) is 0 Å². The number of halogens is 8. The van der Waals surface area contributed by atoms with Gasteiger partial charge in [-0.3, -0.25) is 11.5 Å². The fraction of sp³-hybridized carbons (Fsp3) is 1.00. The van der Waals surface area contributed by atoms with Crippen LogP contribution in [-0.4, -0.2) is 17.6 Å². The average Bonchev–Trinajstić information content (AvgIpc) is 1.81. The molecule has 0 radical (unpaired) electrons. The van der Waals surface area contributed by atoms with Gasteiger partial charge < -0.3 is 0 Å². The molecule has 0 fully saturated rings. The highest BCUT2D eigenvalue weighted by atomic mass is 35.6. The molecule has 0 aliphatic heterocycles. The summed E-state index contributed by atoms with van der Waals surface area (Å²) in [4.78, 5) is 0. The van der Waals surface area contributed by atoms with E-state index in [0.717, 1.165) is 0 Å². The van der Waals surface area contributed by atoms with Crippen LogP contribution in [0.1, 0.15) is 0 Å². The molecule has 14 heavy (non-hydrogen) atoms. The summed E-state index contributed by atoms with van der Waals surface area (Å²) in [5.74, 6) is 0. The smallest absolute Gasteiger partial charge is 0.202 e. The molecule has 86 valence electrons. The van der Waals surface area contributed by atoms with Crippen LogP contribution in [0, 0.1) is 0 Å². The van der Waals surface area contributed by atoms with Crippen molar-refractivity contribution in [3.8, 4) is 0 Å². The molecule has 0 unspecified atom stereocenters. The lowest BCUT2D eigenvalue weighted by atomic mass is 10.2. The Bertz CT molecular complexity index is 188. The predicted octanol–water partition coefficient (Wildman–Crippen LogP) is 3.51. The first-order valence-corrected chi connectivity index (χ1v) is 5.86. The summed E-state index contributed by atoms with van der Waals surface area (Å²) in [5.41, 5.74) is 10.4. The Morgan fingerprint density at radius 1 is 0.500 bits per heavy atom. The quantitative estimate of drug-likeness (QED) is 0.595. The summed E-state index contributed by atoms with van der Waals surface area (Å²) >= 11 is 44.4. The van der Waals surface area contributed by atoms with Gasteiger partial charge >= 0.3 is 0 Å². The molecule has 0 saturated heterocycles. The average molecular weight is 364 g/mol. The van der Waals surface area contributed by atoms with Gasteiger partial charge in [0.05, 0.1) is 0 Å². The normalized spacial score (nSPS) is 15.9. The zero-order valence-corrected chi connectivity index (χ0v) is 12.2. The fourth-order valence-corrected chi connectivity index (χ4v) is 1.97. The van der Waals surface area contributed by atoms with E-state index in [9.17, 15) is 0 Å². The highest BCUT2D eigenvalue weighted by molar-refractivity contribution is 6.73. The van der Waals surface area contributed by atoms with Crippen LogP contribution in [0.25, 0.3) is 0 Å². The van der Waals surface area contributed by atoms with Crippen molar-refractivity contribution in [1.29, 1.82) is 0 Å². The van der Waals surface area contributed by atoms with E-state index in [0.29, 0.717) is 0 Å². The monoisotopic (exact) mass is 360 g/mol. The van der Waals surface area contributed by atoms with E-state index in [1.54, 1.807) is 0 Å². The van der Waals surface area contributed by atoms with Crippen LogP contribution in [0.5, 0.6) is 0 Å². The summed E-state index contributed by atoms with van der Waals surface area (Å²) in [6.45, 7) is 0. The van der Waals surface area contributed by atoms with E-state index in [1.807, 2.05) is 0 Å². The van der Waals surface area contributed by atoms with Gasteiger partial charge in [0.15, 0.2) is 0 Å². The Labute approximate surface area is 121 Å². The summed E-state index contributed by atoms with van der Waals surface area (Å²) in [5, 5.41) is 0. The van der Waals surface area contributed by atoms with E-state index < -0.39 is 17.6 Å². The second-order valence-electron chi connectivity index (χ2n) is 2.39. The van der Waals surface area contributed by atoms with Crippen LogP contribution >= 0.6 is 92.8 Å². The molecule has 0 aliphatic carbocycles. The van der Waals surface area contributed by atoms with Crippen molar-refractivity contribution >= 4 is 92.8 Å². The lowest BCUT2D eigenvalue weighted by Crippen LogP contribution is -2.63. The maximum Gasteiger partial charge on any atom is 0.202 e. The molecule has 2 nitrogen and oxygen atoms in total. The molecule has 0 aliphatic rings. The Morgan fingerprint density at radius 2 is 0.643 bits per heavy atom. The van der Waals surface area contributed by atoms with E-state index in [2.05, 4.69) is 0 Å². The third kappa shape index (κ3) is 2.92. The van der Waals surface area contributed by atoms with Gasteiger partial charge in [0.2, 0.25) is 17.6 Å². The van der Waals surface area contributed by atoms with Gasteiger partial charge in [0.1, 0.15) is 0 Å². The third-order valence-electron chi connectivity index (χ3n) is 1.23. The van der Waals surface area contributed by atoms with Crippen LogP contribution in [0.4, 0.5) is 0 Å². The molecule has 0 spiro atoms. The number of nitrogens with two attached hydrogens (primary N) is 2. The number of hydrogen-bond donors (Lipinski definition) is 2. The lowest BCUT2D eigenvalue weighted by Gasteiger charge is -2.42. The highest BCUT2D eigenvalue weighted by Gasteiger charge is 2.66. The first kappa shape index (κ1) is 16.2. The van der Waals surface area contributed by atoms with Crippen molar-refractivity contribution in [2.75, 3.05) is 0 Å². The summed E-state index contributed by atoms with van der Waals surface area (Å²) < 4.78 is -8.98. The van der Waals surface area contributed by atoms with E-state index in [4.69, 9.17) is 104 Å². The molecular weight excluding hydrogens is 360 g/mol. The molecule has 0 saturated carbocycles. The van der Waals surface area contributed by atoms with Crippen LogP contribution in [-0.2, 0) is 0 Å². The SMILES string of the molecule is NC(Cl)(Cl)C(Cl)(Cl)C(Cl)(Cl)C(N)(Cl)Cl. The first-order chi connectivity index (χ1) is 5.75. The van der Waals surface area contributed by atoms with Gasteiger partial charge in [-0.15, -0.1) is 0 Å². The Morgan fingerprint density at radius 3 is 0.714 bits per heavy atom. The van der Waals surface area contributed by atoms with Gasteiger partial charge in [-0.05, 0) is 0 Å². The molecule has 0 aromatic heterocycles. The molecule has 10 heteroatoms. The predicted molar refractivity (Wildman–Crippen MR) is 66.1 cm³/mol. The Hall–Kier alpha value is 2.24. The Balaban J connectivity index is 5.30. The van der Waals surface area contributed by atoms with Crippen LogP contribution in [0.2, 0.25) is 0 Å². The second kappa shape index (κ2) is 4.49. The largest absolute Gasteiger partial charge is 0.298 e. The summed E-state index contributed by atoms with van der Waals surface area (Å²) in [6.07, 6.45) is 0. The van der Waals surface area contributed by atoms with Crippen molar-refractivity contribution in [2.45, 2.75) is 17.6 Å². The second-order valence-corrected chi connectivity index (χ2v) is 7.82. The minimum Gasteiger partial charge on any atom is -0.298 e. The van der Waals surface area contributed by atoms with Crippen molar-refractivity contribution in [2.24, 2.45) is 11.5 Å². The zero-order chi connectivity index (χ0) is 12.0. The van der Waals surface area contributed by atoms with Crippen LogP contribution in [0.3, 0.4) is 0 Å². The molecular formula is C4H4Cl8N2. The number of rotatable bonds is 3. The van der Waals surface area contributed by atoms with Gasteiger partial charge in [-0.2, -0.15) is 0 Å². The molecule has 0 rings (SSSR count). The summed E-state index contributed by atoms with van der Waals surface area (Å²) in [7, 11) is 0. The Kier molecular flexibility index (Phi) is 5.21. The van der Waals surface area contributed by atoms with Gasteiger partial charge in [0.25, 0.3) is 0 Å². The van der Waals surface area contributed by atoms with Crippen LogP contribution < -0.4 is 11.5 Å². The van der Waals surface area contributed by atoms with E-state index in [-0.39, 0.29) is 0 Å². The standard InChI is InChI=1S/C4H4Cl8N2/c5-1(6,3(9,10)13)2(7,8)4(11,12)14/h13-14H2. The van der Waals surface area contributed by atoms with Crippen molar-refractivity contribution in [1.82, 2.24) is 0 Å². The van der Waals surface area contributed by atoms with Crippen molar-refractivity contribution in [3.05, 3.63) is 0 Å². The highest BCUT2D eigenvalue weighted by Crippen LogP contribution is 2.57. The lowest BCUT2D eigenvalue weighted by molar-refractivity contribution is 0.543. The third-order valence-corrected chi connectivity index (χ3v) is 5.85. The van der Waals surface area contributed by atoms with E-state index >= 15 is 0 Å². The molecule has 0 atom stereocenters. The van der Waals surface area contributed by atoms with Crippen LogP contribution in [0.15, 0.2) is 0 Å². The minimum atomic E-state index is -2.29. The zero-order valence-electron chi connectivity index (χ0n) is 6.18. The number of hydrogen-bond acceptors (Lipinski definition) is 2. The van der Waals surface area contributed by atoms with Crippen molar-refractivity contribution < 1.29 is 0 Å². The molecule has 0 aromatic rings. The maximum absolute atomic E-state index is 5.65. The van der Waals surface area contributed by atoms with Gasteiger partial charge in [0, 0.05) is 0 Å². The topological polar surface area (TPSA) is 52.0 Å². The molecule has 0 amide bonds. The maximum atomic E-state index is 5.65. The number of alkyl halides is 8. The minimum absolute atomic E-state index is 2.20. The van der Waals surface area contributed by atoms with Gasteiger partial charge in [-0.1, -0.05) is 92.8 Å². The molecule has 0 aromatic carbocycles. The van der Waals surface area contributed by atoms with E-state index in [1.165, 1.54) is 0 Å².